The summed E-state index contributed by atoms with van der Waals surface area (Å²) in [4.78, 5) is 0. The first kappa shape index (κ1) is 14.9. The highest BCUT2D eigenvalue weighted by Gasteiger charge is 2.34. The van der Waals surface area contributed by atoms with Crippen molar-refractivity contribution in [2.24, 2.45) is 0 Å². The van der Waals surface area contributed by atoms with E-state index in [9.17, 15) is 0 Å². The Morgan fingerprint density at radius 2 is 1.74 bits per heavy atom. The molecule has 1 nitrogen and oxygen atoms in total. The number of nitrogens with one attached hydrogen (secondary N) is 1. The minimum atomic E-state index is 0.113. The molecule has 1 aliphatic carbocycles. The van der Waals surface area contributed by atoms with Crippen molar-refractivity contribution in [3.8, 4) is 0 Å². The Hall–Kier alpha value is -0.500. The van der Waals surface area contributed by atoms with Crippen molar-refractivity contribution in [2.45, 2.75) is 44.6 Å². The van der Waals surface area contributed by atoms with E-state index in [0.29, 0.717) is 10.0 Å². The Labute approximate surface area is 126 Å². The summed E-state index contributed by atoms with van der Waals surface area (Å²) < 4.78 is 0. The summed E-state index contributed by atoms with van der Waals surface area (Å²) in [5.74, 6) is 0. The van der Waals surface area contributed by atoms with Gasteiger partial charge in [0.2, 0.25) is 0 Å². The molecule has 1 aromatic carbocycles. The normalized spacial score (nSPS) is 17.9. The number of halogens is 2. The Morgan fingerprint density at radius 1 is 1.11 bits per heavy atom. The molecule has 0 amide bonds. The van der Waals surface area contributed by atoms with Gasteiger partial charge in [-0.2, -0.15) is 0 Å². The molecule has 19 heavy (non-hydrogen) atoms. The van der Waals surface area contributed by atoms with Crippen molar-refractivity contribution in [2.75, 3.05) is 6.54 Å². The summed E-state index contributed by atoms with van der Waals surface area (Å²) in [6.45, 7) is 7.52. The molecule has 104 valence electrons. The number of benzene rings is 1. The number of rotatable bonds is 3. The molecule has 0 unspecified atom stereocenters. The van der Waals surface area contributed by atoms with E-state index in [1.807, 2.05) is 12.1 Å². The van der Waals surface area contributed by atoms with Gasteiger partial charge in [-0.3, -0.25) is 0 Å². The highest BCUT2D eigenvalue weighted by atomic mass is 35.5. The molecule has 0 fully saturated rings. The maximum absolute atomic E-state index is 6.17. The van der Waals surface area contributed by atoms with Gasteiger partial charge in [-0.25, -0.2) is 0 Å². The maximum atomic E-state index is 6.17. The molecular formula is C16H21Cl2N. The lowest BCUT2D eigenvalue weighted by Crippen LogP contribution is -2.45. The molecule has 0 radical (unpaired) electrons. The van der Waals surface area contributed by atoms with Gasteiger partial charge in [0.15, 0.2) is 0 Å². The Bertz CT molecular complexity index is 478. The minimum absolute atomic E-state index is 0.113. The summed E-state index contributed by atoms with van der Waals surface area (Å²) >= 11 is 12.2. The number of allylic oxidation sites excluding steroid dienone is 2. The van der Waals surface area contributed by atoms with E-state index in [-0.39, 0.29) is 11.0 Å². The summed E-state index contributed by atoms with van der Waals surface area (Å²) in [5.41, 5.74) is 1.50. The van der Waals surface area contributed by atoms with Gasteiger partial charge in [0, 0.05) is 17.5 Å². The van der Waals surface area contributed by atoms with E-state index in [2.05, 4.69) is 44.3 Å². The van der Waals surface area contributed by atoms with Crippen LogP contribution in [0, 0.1) is 0 Å². The van der Waals surface area contributed by atoms with Gasteiger partial charge in [0.1, 0.15) is 0 Å². The zero-order valence-electron chi connectivity index (χ0n) is 11.8. The third kappa shape index (κ3) is 3.53. The van der Waals surface area contributed by atoms with Gasteiger partial charge in [-0.1, -0.05) is 41.4 Å². The summed E-state index contributed by atoms with van der Waals surface area (Å²) in [6.07, 6.45) is 6.61. The summed E-state index contributed by atoms with van der Waals surface area (Å²) in [5, 5.41) is 4.88. The molecule has 0 bridgehead atoms. The van der Waals surface area contributed by atoms with Crippen molar-refractivity contribution >= 4 is 23.2 Å². The molecule has 0 saturated carbocycles. The first-order chi connectivity index (χ1) is 8.82. The first-order valence-electron chi connectivity index (χ1n) is 6.68. The Balaban J connectivity index is 2.26. The smallest absolute Gasteiger partial charge is 0.0595 e. The van der Waals surface area contributed by atoms with E-state index < -0.39 is 0 Å². The van der Waals surface area contributed by atoms with Crippen molar-refractivity contribution in [1.82, 2.24) is 5.32 Å². The van der Waals surface area contributed by atoms with Crippen LogP contribution < -0.4 is 5.32 Å². The third-order valence-electron chi connectivity index (χ3n) is 3.67. The van der Waals surface area contributed by atoms with Crippen LogP contribution in [-0.4, -0.2) is 12.1 Å². The fourth-order valence-electron chi connectivity index (χ4n) is 2.44. The quantitative estimate of drug-likeness (QED) is 0.777. The van der Waals surface area contributed by atoms with Crippen molar-refractivity contribution in [1.29, 1.82) is 0 Å². The van der Waals surface area contributed by atoms with Gasteiger partial charge < -0.3 is 5.32 Å². The maximum Gasteiger partial charge on any atom is 0.0595 e. The van der Waals surface area contributed by atoms with E-state index >= 15 is 0 Å². The van der Waals surface area contributed by atoms with Crippen LogP contribution in [0.2, 0.25) is 10.0 Å². The lowest BCUT2D eigenvalue weighted by molar-refractivity contribution is 0.340. The topological polar surface area (TPSA) is 12.0 Å². The van der Waals surface area contributed by atoms with Crippen LogP contribution in [0.1, 0.15) is 39.2 Å². The Morgan fingerprint density at radius 3 is 2.26 bits per heavy atom. The van der Waals surface area contributed by atoms with E-state index in [4.69, 9.17) is 23.2 Å². The van der Waals surface area contributed by atoms with Crippen LogP contribution in [0.25, 0.3) is 0 Å². The molecule has 0 aliphatic heterocycles. The lowest BCUT2D eigenvalue weighted by atomic mass is 9.77. The first-order valence-corrected chi connectivity index (χ1v) is 7.44. The molecule has 1 N–H and O–H groups in total. The molecule has 2 rings (SSSR count). The standard InChI is InChI=1S/C16H21Cl2N/c1-15(2,3)19-11-16(8-4-5-9-16)12-6-7-13(17)14(18)10-12/h4-7,10,19H,8-9,11H2,1-3H3. The SMILES string of the molecule is CC(C)(C)NCC1(c2ccc(Cl)c(Cl)c2)CC=CC1. The largest absolute Gasteiger partial charge is 0.311 e. The zero-order valence-corrected chi connectivity index (χ0v) is 13.3. The van der Waals surface area contributed by atoms with Crippen LogP contribution in [0.3, 0.4) is 0 Å². The molecule has 0 heterocycles. The molecule has 1 aromatic rings. The van der Waals surface area contributed by atoms with Gasteiger partial charge in [0.25, 0.3) is 0 Å². The molecule has 3 heteroatoms. The second-order valence-corrected chi connectivity index (χ2v) is 7.21. The predicted octanol–water partition coefficient (Wildman–Crippen LogP) is 4.97. The van der Waals surface area contributed by atoms with Gasteiger partial charge in [-0.15, -0.1) is 0 Å². The third-order valence-corrected chi connectivity index (χ3v) is 4.41. The Kier molecular flexibility index (Phi) is 4.29. The van der Waals surface area contributed by atoms with Gasteiger partial charge in [0.05, 0.1) is 10.0 Å². The number of hydrogen-bond acceptors (Lipinski definition) is 1. The minimum Gasteiger partial charge on any atom is -0.311 e. The lowest BCUT2D eigenvalue weighted by Gasteiger charge is -2.34. The van der Waals surface area contributed by atoms with Crippen LogP contribution in [0.15, 0.2) is 30.4 Å². The highest BCUT2D eigenvalue weighted by Crippen LogP contribution is 2.39. The fraction of sp³-hybridized carbons (Fsp3) is 0.500. The average Bonchev–Trinajstić information content (AvgIpc) is 2.79. The van der Waals surface area contributed by atoms with E-state index in [0.717, 1.165) is 19.4 Å². The summed E-state index contributed by atoms with van der Waals surface area (Å²) in [7, 11) is 0. The van der Waals surface area contributed by atoms with Crippen LogP contribution in [0.5, 0.6) is 0 Å². The average molecular weight is 298 g/mol. The van der Waals surface area contributed by atoms with Crippen molar-refractivity contribution in [3.05, 3.63) is 46.0 Å². The molecule has 0 aromatic heterocycles. The van der Waals surface area contributed by atoms with E-state index in [1.165, 1.54) is 5.56 Å². The van der Waals surface area contributed by atoms with Crippen LogP contribution >= 0.6 is 23.2 Å². The van der Waals surface area contributed by atoms with Gasteiger partial charge >= 0.3 is 0 Å². The van der Waals surface area contributed by atoms with Crippen molar-refractivity contribution < 1.29 is 0 Å². The van der Waals surface area contributed by atoms with E-state index in [1.54, 1.807) is 0 Å². The van der Waals surface area contributed by atoms with Crippen LogP contribution in [-0.2, 0) is 5.41 Å². The molecular weight excluding hydrogens is 277 g/mol. The van der Waals surface area contributed by atoms with Crippen LogP contribution in [0.4, 0.5) is 0 Å². The highest BCUT2D eigenvalue weighted by molar-refractivity contribution is 6.42. The van der Waals surface area contributed by atoms with Gasteiger partial charge in [-0.05, 0) is 51.3 Å². The number of hydrogen-bond donors (Lipinski definition) is 1. The second kappa shape index (κ2) is 5.47. The predicted molar refractivity (Wildman–Crippen MR) is 84.3 cm³/mol. The molecule has 0 spiro atoms. The fourth-order valence-corrected chi connectivity index (χ4v) is 2.74. The monoisotopic (exact) mass is 297 g/mol. The molecule has 1 aliphatic rings. The van der Waals surface area contributed by atoms with Crippen molar-refractivity contribution in [3.63, 3.8) is 0 Å². The zero-order chi connectivity index (χ0) is 14.1. The molecule has 0 saturated heterocycles. The second-order valence-electron chi connectivity index (χ2n) is 6.39. The summed E-state index contributed by atoms with van der Waals surface area (Å²) in [6, 6.07) is 6.02. The molecule has 0 atom stereocenters.